The highest BCUT2D eigenvalue weighted by atomic mass is 79.9. The van der Waals surface area contributed by atoms with Crippen molar-refractivity contribution in [3.05, 3.63) is 39.7 Å². The van der Waals surface area contributed by atoms with Gasteiger partial charge in [0.15, 0.2) is 0 Å². The van der Waals surface area contributed by atoms with Gasteiger partial charge in [-0.1, -0.05) is 39.7 Å². The summed E-state index contributed by atoms with van der Waals surface area (Å²) in [4.78, 5) is 4.63. The van der Waals surface area contributed by atoms with Crippen LogP contribution >= 0.6 is 27.5 Å². The van der Waals surface area contributed by atoms with E-state index >= 15 is 0 Å². The molecule has 0 aliphatic heterocycles. The number of nitrogens with zero attached hydrogens (tertiary/aromatic N) is 2. The summed E-state index contributed by atoms with van der Waals surface area (Å²) in [6.45, 7) is 0.888. The van der Waals surface area contributed by atoms with E-state index in [0.29, 0.717) is 5.15 Å². The average Bonchev–Trinajstić information content (AvgIpc) is 2.64. The summed E-state index contributed by atoms with van der Waals surface area (Å²) in [5.41, 5.74) is 1.87. The summed E-state index contributed by atoms with van der Waals surface area (Å²) in [5.74, 6) is 0.990. The Bertz CT molecular complexity index is 551. The molecule has 0 amide bonds. The van der Waals surface area contributed by atoms with E-state index in [1.165, 1.54) is 0 Å². The Balaban J connectivity index is 2.39. The van der Waals surface area contributed by atoms with Crippen molar-refractivity contribution in [2.75, 3.05) is 13.6 Å². The predicted octanol–water partition coefficient (Wildman–Crippen LogP) is 3.26. The highest BCUT2D eigenvalue weighted by Gasteiger charge is 2.14. The van der Waals surface area contributed by atoms with Crippen molar-refractivity contribution >= 4 is 27.5 Å². The molecule has 5 heteroatoms. The second-order valence-electron chi connectivity index (χ2n) is 4.09. The minimum Gasteiger partial charge on any atom is -0.322 e. The van der Waals surface area contributed by atoms with Gasteiger partial charge < -0.3 is 9.88 Å². The summed E-state index contributed by atoms with van der Waals surface area (Å²) in [6, 6.07) is 8.01. The number of nitrogens with one attached hydrogen (secondary N) is 1. The second-order valence-corrected chi connectivity index (χ2v) is 5.36. The average molecular weight is 329 g/mol. The first-order valence-corrected chi connectivity index (χ1v) is 6.92. The van der Waals surface area contributed by atoms with Crippen molar-refractivity contribution in [2.24, 2.45) is 7.05 Å². The molecule has 1 heterocycles. The van der Waals surface area contributed by atoms with Gasteiger partial charge in [0.2, 0.25) is 0 Å². The molecule has 0 atom stereocenters. The molecule has 0 saturated heterocycles. The van der Waals surface area contributed by atoms with Crippen LogP contribution in [0.5, 0.6) is 0 Å². The largest absolute Gasteiger partial charge is 0.322 e. The van der Waals surface area contributed by atoms with E-state index < -0.39 is 0 Å². The third kappa shape index (κ3) is 2.76. The monoisotopic (exact) mass is 327 g/mol. The molecule has 1 aromatic carbocycles. The standard InChI is InChI=1S/C13H15BrClN3/c1-16-7-6-11-17-12(13(15)18(11)2)9-4-3-5-10(14)8-9/h3-5,8,16H,6-7H2,1-2H3. The van der Waals surface area contributed by atoms with Gasteiger partial charge in [-0.2, -0.15) is 0 Å². The maximum Gasteiger partial charge on any atom is 0.136 e. The summed E-state index contributed by atoms with van der Waals surface area (Å²) in [6.07, 6.45) is 0.862. The molecule has 2 rings (SSSR count). The van der Waals surface area contributed by atoms with Crippen LogP contribution in [0.25, 0.3) is 11.3 Å². The molecule has 0 fully saturated rings. The zero-order valence-electron chi connectivity index (χ0n) is 10.4. The number of benzene rings is 1. The Morgan fingerprint density at radius 1 is 1.44 bits per heavy atom. The zero-order valence-corrected chi connectivity index (χ0v) is 12.7. The van der Waals surface area contributed by atoms with E-state index in [4.69, 9.17) is 11.6 Å². The Hall–Kier alpha value is -0.840. The van der Waals surface area contributed by atoms with Gasteiger partial charge in [-0.15, -0.1) is 0 Å². The van der Waals surface area contributed by atoms with Crippen molar-refractivity contribution in [1.82, 2.24) is 14.9 Å². The molecule has 0 spiro atoms. The Morgan fingerprint density at radius 2 is 2.22 bits per heavy atom. The second kappa shape index (κ2) is 5.87. The van der Waals surface area contributed by atoms with E-state index in [2.05, 4.69) is 26.2 Å². The van der Waals surface area contributed by atoms with Gasteiger partial charge >= 0.3 is 0 Å². The number of halogens is 2. The molecule has 0 radical (unpaired) electrons. The van der Waals surface area contributed by atoms with Crippen LogP contribution in [0.2, 0.25) is 5.15 Å². The summed E-state index contributed by atoms with van der Waals surface area (Å²) >= 11 is 9.81. The minimum atomic E-state index is 0.680. The van der Waals surface area contributed by atoms with Gasteiger partial charge in [0, 0.05) is 30.0 Å². The van der Waals surface area contributed by atoms with Gasteiger partial charge in [0.1, 0.15) is 16.7 Å². The van der Waals surface area contributed by atoms with E-state index in [9.17, 15) is 0 Å². The van der Waals surface area contributed by atoms with Crippen molar-refractivity contribution in [2.45, 2.75) is 6.42 Å². The van der Waals surface area contributed by atoms with E-state index in [1.54, 1.807) is 0 Å². The zero-order chi connectivity index (χ0) is 13.1. The minimum absolute atomic E-state index is 0.680. The molecule has 0 unspecified atom stereocenters. The van der Waals surface area contributed by atoms with Gasteiger partial charge in [0.05, 0.1) is 0 Å². The SMILES string of the molecule is CNCCc1nc(-c2cccc(Br)c2)c(Cl)n1C. The molecule has 0 aliphatic carbocycles. The van der Waals surface area contributed by atoms with E-state index in [0.717, 1.165) is 34.5 Å². The molecular weight excluding hydrogens is 314 g/mol. The number of aromatic nitrogens is 2. The Morgan fingerprint density at radius 3 is 2.89 bits per heavy atom. The lowest BCUT2D eigenvalue weighted by Crippen LogP contribution is -2.13. The maximum absolute atomic E-state index is 6.34. The Labute approximate surface area is 120 Å². The number of likely N-dealkylation sites (N-methyl/N-ethyl adjacent to an activating group) is 1. The first-order valence-electron chi connectivity index (χ1n) is 5.75. The van der Waals surface area contributed by atoms with E-state index in [-0.39, 0.29) is 0 Å². The molecule has 1 N–H and O–H groups in total. The molecule has 2 aromatic rings. The molecule has 0 saturated carbocycles. The quantitative estimate of drug-likeness (QED) is 0.933. The maximum atomic E-state index is 6.34. The highest BCUT2D eigenvalue weighted by molar-refractivity contribution is 9.10. The van der Waals surface area contributed by atoms with Crippen LogP contribution < -0.4 is 5.32 Å². The summed E-state index contributed by atoms with van der Waals surface area (Å²) in [5, 5.41) is 3.80. The fraction of sp³-hybridized carbons (Fsp3) is 0.308. The molecule has 96 valence electrons. The molecular formula is C13H15BrClN3. The highest BCUT2D eigenvalue weighted by Crippen LogP contribution is 2.29. The fourth-order valence-electron chi connectivity index (χ4n) is 1.80. The van der Waals surface area contributed by atoms with Crippen LogP contribution in [0.15, 0.2) is 28.7 Å². The Kier molecular flexibility index (Phi) is 4.43. The van der Waals surface area contributed by atoms with Crippen molar-refractivity contribution in [3.63, 3.8) is 0 Å². The number of hydrogen-bond donors (Lipinski definition) is 1. The van der Waals surface area contributed by atoms with Crippen LogP contribution in [-0.2, 0) is 13.5 Å². The van der Waals surface area contributed by atoms with Gasteiger partial charge in [0.25, 0.3) is 0 Å². The van der Waals surface area contributed by atoms with Crippen LogP contribution in [0, 0.1) is 0 Å². The van der Waals surface area contributed by atoms with Crippen molar-refractivity contribution in [1.29, 1.82) is 0 Å². The first kappa shape index (κ1) is 13.6. The molecule has 18 heavy (non-hydrogen) atoms. The lowest BCUT2D eigenvalue weighted by atomic mass is 10.2. The molecule has 3 nitrogen and oxygen atoms in total. The van der Waals surface area contributed by atoms with Crippen LogP contribution in [0.1, 0.15) is 5.82 Å². The van der Waals surface area contributed by atoms with Crippen LogP contribution in [0.3, 0.4) is 0 Å². The van der Waals surface area contributed by atoms with Gasteiger partial charge in [-0.3, -0.25) is 0 Å². The predicted molar refractivity (Wildman–Crippen MR) is 79.0 cm³/mol. The molecule has 0 aliphatic rings. The number of rotatable bonds is 4. The van der Waals surface area contributed by atoms with Crippen LogP contribution in [0.4, 0.5) is 0 Å². The normalized spacial score (nSPS) is 10.9. The van der Waals surface area contributed by atoms with Crippen LogP contribution in [-0.4, -0.2) is 23.1 Å². The lowest BCUT2D eigenvalue weighted by molar-refractivity contribution is 0.718. The lowest BCUT2D eigenvalue weighted by Gasteiger charge is -2.00. The fourth-order valence-corrected chi connectivity index (χ4v) is 2.45. The topological polar surface area (TPSA) is 29.9 Å². The molecule has 0 bridgehead atoms. The van der Waals surface area contributed by atoms with Gasteiger partial charge in [-0.05, 0) is 19.2 Å². The van der Waals surface area contributed by atoms with Crippen molar-refractivity contribution < 1.29 is 0 Å². The summed E-state index contributed by atoms with van der Waals surface area (Å²) < 4.78 is 2.97. The van der Waals surface area contributed by atoms with Crippen molar-refractivity contribution in [3.8, 4) is 11.3 Å². The number of imidazole rings is 1. The smallest absolute Gasteiger partial charge is 0.136 e. The third-order valence-electron chi connectivity index (χ3n) is 2.81. The number of hydrogen-bond acceptors (Lipinski definition) is 2. The third-order valence-corrected chi connectivity index (χ3v) is 3.74. The van der Waals surface area contributed by atoms with E-state index in [1.807, 2.05) is 42.9 Å². The van der Waals surface area contributed by atoms with Gasteiger partial charge in [-0.25, -0.2) is 4.98 Å². The summed E-state index contributed by atoms with van der Waals surface area (Å²) in [7, 11) is 3.88. The first-order chi connectivity index (χ1) is 8.63. The molecule has 1 aromatic heterocycles.